The van der Waals surface area contributed by atoms with Gasteiger partial charge in [0.25, 0.3) is 0 Å². The zero-order chi connectivity index (χ0) is 22.9. The molecule has 2 aromatic rings. The van der Waals surface area contributed by atoms with Gasteiger partial charge in [-0.25, -0.2) is 13.1 Å². The topological polar surface area (TPSA) is 138 Å². The Kier molecular flexibility index (Phi) is 8.88. The van der Waals surface area contributed by atoms with E-state index >= 15 is 0 Å². The van der Waals surface area contributed by atoms with Gasteiger partial charge < -0.3 is 16.4 Å². The molecule has 1 aromatic carbocycles. The molecule has 31 heavy (non-hydrogen) atoms. The maximum atomic E-state index is 11.3. The van der Waals surface area contributed by atoms with Crippen LogP contribution < -0.4 is 16.4 Å². The van der Waals surface area contributed by atoms with Crippen molar-refractivity contribution in [2.75, 3.05) is 30.8 Å². The Morgan fingerprint density at radius 3 is 2.68 bits per heavy atom. The molecule has 0 radical (unpaired) electrons. The van der Waals surface area contributed by atoms with E-state index in [0.29, 0.717) is 55.4 Å². The second kappa shape index (κ2) is 11.4. The highest BCUT2D eigenvalue weighted by Gasteiger charge is 2.16. The molecule has 0 fully saturated rings. The van der Waals surface area contributed by atoms with E-state index in [4.69, 9.17) is 5.73 Å². The van der Waals surface area contributed by atoms with E-state index in [-0.39, 0.29) is 11.8 Å². The Morgan fingerprint density at radius 2 is 2.06 bits per heavy atom. The zero-order valence-corrected chi connectivity index (χ0v) is 19.1. The van der Waals surface area contributed by atoms with Gasteiger partial charge >= 0.3 is 0 Å². The maximum absolute atomic E-state index is 11.3. The number of hydrogen-bond acceptors (Lipinski definition) is 6. The van der Waals surface area contributed by atoms with Gasteiger partial charge in [-0.2, -0.15) is 10.4 Å². The lowest BCUT2D eigenvalue weighted by Crippen LogP contribution is -2.42. The van der Waals surface area contributed by atoms with Crippen LogP contribution in [0.1, 0.15) is 37.9 Å². The van der Waals surface area contributed by atoms with Crippen LogP contribution in [0.15, 0.2) is 35.3 Å². The van der Waals surface area contributed by atoms with Crippen molar-refractivity contribution in [3.8, 4) is 11.8 Å². The molecule has 0 aliphatic rings. The Morgan fingerprint density at radius 1 is 1.35 bits per heavy atom. The van der Waals surface area contributed by atoms with Crippen molar-refractivity contribution in [3.63, 3.8) is 0 Å². The molecule has 1 atom stereocenters. The lowest BCUT2D eigenvalue weighted by molar-refractivity contribution is 0.581. The van der Waals surface area contributed by atoms with Gasteiger partial charge in [0.1, 0.15) is 27.3 Å². The van der Waals surface area contributed by atoms with Gasteiger partial charge in [0.15, 0.2) is 5.96 Å². The van der Waals surface area contributed by atoms with Gasteiger partial charge in [-0.05, 0) is 45.2 Å². The number of hydrogen-bond donors (Lipinski definition) is 3. The molecule has 0 aliphatic heterocycles. The highest BCUT2D eigenvalue weighted by Crippen LogP contribution is 2.21. The summed E-state index contributed by atoms with van der Waals surface area (Å²) in [7, 11) is -2.99. The minimum Gasteiger partial charge on any atom is -0.382 e. The first kappa shape index (κ1) is 24.2. The van der Waals surface area contributed by atoms with Gasteiger partial charge in [0.2, 0.25) is 0 Å². The van der Waals surface area contributed by atoms with E-state index in [1.165, 1.54) is 6.26 Å². The van der Waals surface area contributed by atoms with Gasteiger partial charge in [-0.3, -0.25) is 4.99 Å². The second-order valence-electron chi connectivity index (χ2n) is 7.39. The number of nitrogens with one attached hydrogen (secondary N) is 2. The van der Waals surface area contributed by atoms with Crippen LogP contribution in [0, 0.1) is 11.3 Å². The summed E-state index contributed by atoms with van der Waals surface area (Å²) in [6.45, 7) is 5.12. The van der Waals surface area contributed by atoms with Gasteiger partial charge in [0.05, 0.1) is 17.1 Å². The van der Waals surface area contributed by atoms with Crippen LogP contribution >= 0.6 is 0 Å². The number of nitrogens with zero attached hydrogens (tertiary/aromatic N) is 4. The van der Waals surface area contributed by atoms with Crippen molar-refractivity contribution in [3.05, 3.63) is 41.6 Å². The van der Waals surface area contributed by atoms with Crippen molar-refractivity contribution >= 4 is 21.6 Å². The van der Waals surface area contributed by atoms with Crippen LogP contribution in [-0.4, -0.2) is 55.3 Å². The fourth-order valence-corrected chi connectivity index (χ4v) is 3.78. The lowest BCUT2D eigenvalue weighted by atomic mass is 10.1. The molecule has 10 heteroatoms. The van der Waals surface area contributed by atoms with Crippen molar-refractivity contribution in [2.24, 2.45) is 4.99 Å². The number of aryl methyl sites for hydroxylation is 1. The summed E-state index contributed by atoms with van der Waals surface area (Å²) in [4.78, 5) is 4.55. The summed E-state index contributed by atoms with van der Waals surface area (Å²) in [5, 5.41) is 20.4. The molecular formula is C21H31N7O2S. The van der Waals surface area contributed by atoms with Gasteiger partial charge in [-0.15, -0.1) is 0 Å². The predicted molar refractivity (Wildman–Crippen MR) is 124 cm³/mol. The largest absolute Gasteiger partial charge is 0.382 e. The van der Waals surface area contributed by atoms with Gasteiger partial charge in [0, 0.05) is 25.4 Å². The van der Waals surface area contributed by atoms with Crippen LogP contribution in [0.4, 0.5) is 5.82 Å². The molecule has 1 aromatic heterocycles. The number of para-hydroxylation sites is 1. The summed E-state index contributed by atoms with van der Waals surface area (Å²) >= 11 is 0. The van der Waals surface area contributed by atoms with Crippen molar-refractivity contribution in [1.82, 2.24) is 20.4 Å². The molecule has 0 saturated heterocycles. The van der Waals surface area contributed by atoms with E-state index < -0.39 is 9.84 Å². The number of anilines is 1. The van der Waals surface area contributed by atoms with E-state index in [9.17, 15) is 13.7 Å². The summed E-state index contributed by atoms with van der Waals surface area (Å²) in [5.74, 6) is 1.10. The highest BCUT2D eigenvalue weighted by atomic mass is 32.2. The number of rotatable bonds is 10. The van der Waals surface area contributed by atoms with E-state index in [1.54, 1.807) is 4.68 Å². The van der Waals surface area contributed by atoms with E-state index in [2.05, 4.69) is 26.8 Å². The monoisotopic (exact) mass is 445 g/mol. The molecule has 1 unspecified atom stereocenters. The van der Waals surface area contributed by atoms with Crippen LogP contribution in [0.5, 0.6) is 0 Å². The summed E-state index contributed by atoms with van der Waals surface area (Å²) < 4.78 is 24.3. The molecule has 1 heterocycles. The summed E-state index contributed by atoms with van der Waals surface area (Å²) in [6, 6.07) is 11.6. The van der Waals surface area contributed by atoms with Gasteiger partial charge in [-0.1, -0.05) is 18.2 Å². The van der Waals surface area contributed by atoms with Crippen LogP contribution in [0.2, 0.25) is 0 Å². The normalized spacial score (nSPS) is 12.9. The molecular weight excluding hydrogens is 414 g/mol. The van der Waals surface area contributed by atoms with Crippen LogP contribution in [0.3, 0.4) is 0 Å². The molecule has 0 aliphatic carbocycles. The quantitative estimate of drug-likeness (QED) is 0.287. The average Bonchev–Trinajstić information content (AvgIpc) is 3.05. The molecule has 0 amide bonds. The number of benzene rings is 1. The van der Waals surface area contributed by atoms with Crippen molar-refractivity contribution < 1.29 is 8.42 Å². The lowest BCUT2D eigenvalue weighted by Gasteiger charge is -2.17. The first-order chi connectivity index (χ1) is 14.7. The molecule has 168 valence electrons. The molecule has 4 N–H and O–H groups in total. The molecule has 0 spiro atoms. The Labute approximate surface area is 184 Å². The minimum absolute atomic E-state index is 0.0286. The highest BCUT2D eigenvalue weighted by molar-refractivity contribution is 7.90. The Hall–Kier alpha value is -3.06. The fraction of sp³-hybridized carbons (Fsp3) is 0.476. The standard InChI is InChI=1S/C21H31N7O2S/c1-4-24-21(26-16(2)12-14-31(3,29)30)25-13-8-11-19-18(15-22)20(23)28(27-19)17-9-6-5-7-10-17/h5-7,9-10,16H,4,8,11-14,23H2,1-3H3,(H2,24,25,26). The number of nitrogens with two attached hydrogens (primary N) is 1. The third-order valence-corrected chi connectivity index (χ3v) is 5.57. The molecule has 9 nitrogen and oxygen atoms in total. The number of nitriles is 1. The predicted octanol–water partition coefficient (Wildman–Crippen LogP) is 1.64. The number of guanidine groups is 1. The smallest absolute Gasteiger partial charge is 0.191 e. The number of nitrogen functional groups attached to an aromatic ring is 1. The Balaban J connectivity index is 1.99. The fourth-order valence-electron chi connectivity index (χ4n) is 2.99. The summed E-state index contributed by atoms with van der Waals surface area (Å²) in [5.41, 5.74) is 8.00. The third-order valence-electron chi connectivity index (χ3n) is 4.60. The summed E-state index contributed by atoms with van der Waals surface area (Å²) in [6.07, 6.45) is 3.00. The molecule has 2 rings (SSSR count). The molecule has 0 saturated carbocycles. The minimum atomic E-state index is -2.99. The van der Waals surface area contributed by atoms with E-state index in [0.717, 1.165) is 5.69 Å². The average molecular weight is 446 g/mol. The van der Waals surface area contributed by atoms with Crippen molar-refractivity contribution in [1.29, 1.82) is 5.26 Å². The van der Waals surface area contributed by atoms with Crippen LogP contribution in [-0.2, 0) is 16.3 Å². The third kappa shape index (κ3) is 7.61. The number of aromatic nitrogens is 2. The first-order valence-corrected chi connectivity index (χ1v) is 12.4. The first-order valence-electron chi connectivity index (χ1n) is 10.3. The second-order valence-corrected chi connectivity index (χ2v) is 9.65. The van der Waals surface area contributed by atoms with Crippen molar-refractivity contribution in [2.45, 2.75) is 39.2 Å². The Bertz CT molecular complexity index is 1020. The molecule has 0 bridgehead atoms. The maximum Gasteiger partial charge on any atom is 0.191 e. The van der Waals surface area contributed by atoms with E-state index in [1.807, 2.05) is 44.2 Å². The SMILES string of the molecule is CCNC(=NCCCc1nn(-c2ccccc2)c(N)c1C#N)NC(C)CCS(C)(=O)=O. The zero-order valence-electron chi connectivity index (χ0n) is 18.3. The number of sulfone groups is 1. The number of aliphatic imine (C=N–C) groups is 1. The van der Waals surface area contributed by atoms with Crippen LogP contribution in [0.25, 0.3) is 5.69 Å².